The van der Waals surface area contributed by atoms with Crippen molar-refractivity contribution in [2.45, 2.75) is 97.4 Å². The number of para-hydroxylation sites is 1. The number of aromatic hydroxyl groups is 1. The van der Waals surface area contributed by atoms with E-state index in [1.54, 1.807) is 29.5 Å². The van der Waals surface area contributed by atoms with Gasteiger partial charge in [-0.1, -0.05) is 63.6 Å². The van der Waals surface area contributed by atoms with Gasteiger partial charge in [-0.2, -0.15) is 0 Å². The van der Waals surface area contributed by atoms with Gasteiger partial charge in [0.1, 0.15) is 17.8 Å². The van der Waals surface area contributed by atoms with Crippen LogP contribution in [0.15, 0.2) is 60.1 Å². The van der Waals surface area contributed by atoms with Crippen LogP contribution in [0, 0.1) is 12.3 Å². The number of unbranched alkanes of at least 4 members (excludes halogenated alkanes) is 2. The lowest BCUT2D eigenvalue weighted by Crippen LogP contribution is -2.57. The molecule has 0 bridgehead atoms. The molecule has 0 radical (unpaired) electrons. The molecule has 4 amide bonds. The van der Waals surface area contributed by atoms with Gasteiger partial charge in [0.25, 0.3) is 0 Å². The van der Waals surface area contributed by atoms with E-state index in [9.17, 15) is 24.3 Å². The fourth-order valence-electron chi connectivity index (χ4n) is 7.83. The number of nitrogens with zero attached hydrogens (tertiary/aromatic N) is 6. The van der Waals surface area contributed by atoms with Crippen LogP contribution >= 0.6 is 11.3 Å². The van der Waals surface area contributed by atoms with E-state index >= 15 is 0 Å². The molecule has 2 saturated heterocycles. The molecule has 4 heterocycles. The van der Waals surface area contributed by atoms with Gasteiger partial charge in [-0.25, -0.2) is 4.98 Å². The van der Waals surface area contributed by atoms with Crippen LogP contribution in [-0.4, -0.2) is 110 Å². The summed E-state index contributed by atoms with van der Waals surface area (Å²) in [6.07, 6.45) is 2.01. The zero-order chi connectivity index (χ0) is 43.1. The van der Waals surface area contributed by atoms with E-state index in [0.29, 0.717) is 68.8 Å². The molecule has 2 aliphatic rings. The highest BCUT2D eigenvalue weighted by Crippen LogP contribution is 2.33. The number of hydrogen-bond donors (Lipinski definition) is 4. The monoisotopic (exact) mass is 840 g/mol. The van der Waals surface area contributed by atoms with Gasteiger partial charge in [0.2, 0.25) is 23.6 Å². The summed E-state index contributed by atoms with van der Waals surface area (Å²) in [5, 5.41) is 33.0. The molecular weight excluding hydrogens is 783 g/mol. The SMILES string of the molecule is Cc1ncsc1-c1ccc([C@H](C)NC(=O)[C@@H]2C[C@@H]([OH2+])CN2C(=O)[C@@H](NC(=O)CCCCCC(=O)N2CCN(c3cc(-c4ccccc4O)nnc3N)CC2)C(C)(C)C)cc1. The van der Waals surface area contributed by atoms with Gasteiger partial charge in [-0.3, -0.25) is 19.2 Å². The number of thiazole rings is 1. The zero-order valence-electron chi connectivity index (χ0n) is 35.1. The van der Waals surface area contributed by atoms with Crippen LogP contribution < -0.4 is 21.3 Å². The predicted octanol–water partition coefficient (Wildman–Crippen LogP) is 4.56. The van der Waals surface area contributed by atoms with Crippen LogP contribution in [0.25, 0.3) is 21.7 Å². The maximum Gasteiger partial charge on any atom is 0.246 e. The Bertz CT molecular complexity index is 2150. The number of phenolic OH excluding ortho intramolecular Hbond substituents is 1. The summed E-state index contributed by atoms with van der Waals surface area (Å²) < 4.78 is 0. The highest BCUT2D eigenvalue weighted by molar-refractivity contribution is 7.13. The van der Waals surface area contributed by atoms with Gasteiger partial charge in [0.15, 0.2) is 11.9 Å². The molecule has 2 aliphatic heterocycles. The van der Waals surface area contributed by atoms with Gasteiger partial charge in [0, 0.05) is 44.6 Å². The molecule has 6 rings (SSSR count). The second kappa shape index (κ2) is 19.2. The Morgan fingerprint density at radius 1 is 0.967 bits per heavy atom. The summed E-state index contributed by atoms with van der Waals surface area (Å²) in [6, 6.07) is 14.7. The second-order valence-electron chi connectivity index (χ2n) is 16.9. The van der Waals surface area contributed by atoms with Gasteiger partial charge in [0.05, 0.1) is 46.5 Å². The molecule has 16 heteroatoms. The first-order valence-corrected chi connectivity index (χ1v) is 21.5. The number of nitrogens with one attached hydrogen (secondary N) is 2. The highest BCUT2D eigenvalue weighted by Gasteiger charge is 2.46. The van der Waals surface area contributed by atoms with Gasteiger partial charge >= 0.3 is 0 Å². The number of anilines is 2. The average molecular weight is 841 g/mol. The molecular formula is C44H58N9O6S+. The van der Waals surface area contributed by atoms with Gasteiger partial charge < -0.3 is 41.3 Å². The summed E-state index contributed by atoms with van der Waals surface area (Å²) in [5.74, 6) is -0.515. The number of rotatable bonds is 14. The number of nitrogens with two attached hydrogens (primary N) is 1. The number of aromatic nitrogens is 3. The number of carbonyl (C=O) groups excluding carboxylic acids is 4. The summed E-state index contributed by atoms with van der Waals surface area (Å²) >= 11 is 1.58. The first-order chi connectivity index (χ1) is 28.6. The van der Waals surface area contributed by atoms with E-state index in [-0.39, 0.29) is 60.6 Å². The van der Waals surface area contributed by atoms with Crippen LogP contribution in [0.1, 0.15) is 83.5 Å². The Labute approximate surface area is 355 Å². The molecule has 7 N–H and O–H groups in total. The molecule has 15 nitrogen and oxygen atoms in total. The van der Waals surface area contributed by atoms with E-state index in [1.807, 2.05) is 81.4 Å². The summed E-state index contributed by atoms with van der Waals surface area (Å²) in [4.78, 5) is 64.9. The normalized spacial score (nSPS) is 17.9. The van der Waals surface area contributed by atoms with Crippen molar-refractivity contribution in [1.29, 1.82) is 0 Å². The first kappa shape index (κ1) is 44.0. The number of phenols is 1. The minimum absolute atomic E-state index is 0.0550. The van der Waals surface area contributed by atoms with Crippen LogP contribution in [-0.2, 0) is 19.2 Å². The molecule has 60 heavy (non-hydrogen) atoms. The first-order valence-electron chi connectivity index (χ1n) is 20.7. The lowest BCUT2D eigenvalue weighted by molar-refractivity contribution is -0.144. The Balaban J connectivity index is 0.943. The summed E-state index contributed by atoms with van der Waals surface area (Å²) in [6.45, 7) is 11.8. The third-order valence-electron chi connectivity index (χ3n) is 11.3. The number of benzene rings is 2. The van der Waals surface area contributed by atoms with Gasteiger partial charge in [-0.15, -0.1) is 21.5 Å². The van der Waals surface area contributed by atoms with Crippen molar-refractivity contribution >= 4 is 46.5 Å². The largest absolute Gasteiger partial charge is 0.507 e. The molecule has 4 atom stereocenters. The van der Waals surface area contributed by atoms with Crippen LogP contribution in [0.5, 0.6) is 5.75 Å². The van der Waals surface area contributed by atoms with Crippen molar-refractivity contribution in [2.75, 3.05) is 43.4 Å². The second-order valence-corrected chi connectivity index (χ2v) is 17.7. The molecule has 0 aliphatic carbocycles. The lowest BCUT2D eigenvalue weighted by Gasteiger charge is -2.36. The molecule has 2 fully saturated rings. The number of hydrogen-bond acceptors (Lipinski definition) is 11. The van der Waals surface area contributed by atoms with Crippen molar-refractivity contribution < 1.29 is 29.4 Å². The third kappa shape index (κ3) is 10.6. The fourth-order valence-corrected chi connectivity index (χ4v) is 8.64. The number of carbonyl (C=O) groups is 4. The van der Waals surface area contributed by atoms with E-state index in [1.165, 1.54) is 4.90 Å². The van der Waals surface area contributed by atoms with Crippen molar-refractivity contribution in [3.63, 3.8) is 0 Å². The molecule has 4 aromatic rings. The number of aryl methyl sites for hydroxylation is 1. The van der Waals surface area contributed by atoms with Crippen molar-refractivity contribution in [1.82, 2.24) is 35.6 Å². The van der Waals surface area contributed by atoms with Crippen molar-refractivity contribution in [3.8, 4) is 27.4 Å². The quantitative estimate of drug-likeness (QED) is 0.103. The topological polar surface area (TPSA) is 210 Å². The third-order valence-corrected chi connectivity index (χ3v) is 12.3. The fraction of sp³-hybridized carbons (Fsp3) is 0.477. The molecule has 0 spiro atoms. The van der Waals surface area contributed by atoms with Crippen LogP contribution in [0.3, 0.4) is 0 Å². The minimum Gasteiger partial charge on any atom is -0.507 e. The van der Waals surface area contributed by atoms with E-state index < -0.39 is 23.6 Å². The molecule has 0 unspecified atom stereocenters. The van der Waals surface area contributed by atoms with E-state index in [2.05, 4.69) is 30.7 Å². The Hall–Kier alpha value is -5.61. The standard InChI is InChI=1S/C44H57N9O6S/c1-27(29-15-17-30(18-16-29)39-28(2)46-26-60-39)47-42(58)35-23-31(54)25-53(35)43(59)40(44(3,4)5)48-37(56)13-7-6-8-14-38(57)52-21-19-51(20-22-52)34-24-33(49-50-41(34)45)32-11-9-10-12-36(32)55/h9-12,15-18,24,26-27,31,35,40,54-55H,6-8,13-14,19-23,25H2,1-5H3,(H2,45,50)(H,47,58)(H,48,56)/p+1/t27-,31+,35-,40+/m0/s1. The molecule has 0 saturated carbocycles. The number of piperazine rings is 1. The highest BCUT2D eigenvalue weighted by atomic mass is 32.1. The number of likely N-dealkylation sites (tertiary alicyclic amines) is 1. The molecule has 320 valence electrons. The Morgan fingerprint density at radius 3 is 2.33 bits per heavy atom. The molecule has 2 aromatic carbocycles. The van der Waals surface area contributed by atoms with Crippen LogP contribution in [0.4, 0.5) is 11.5 Å². The zero-order valence-corrected chi connectivity index (χ0v) is 35.9. The Kier molecular flexibility index (Phi) is 14.1. The van der Waals surface area contributed by atoms with E-state index in [0.717, 1.165) is 21.7 Å². The van der Waals surface area contributed by atoms with Crippen LogP contribution in [0.2, 0.25) is 0 Å². The maximum atomic E-state index is 14.1. The predicted molar refractivity (Wildman–Crippen MR) is 233 cm³/mol. The molecule has 2 aromatic heterocycles. The Morgan fingerprint density at radius 2 is 1.67 bits per heavy atom. The summed E-state index contributed by atoms with van der Waals surface area (Å²) in [7, 11) is 0. The maximum absolute atomic E-state index is 14.1. The number of nitrogen functional groups attached to an aromatic ring is 1. The van der Waals surface area contributed by atoms with Gasteiger partial charge in [-0.05, 0) is 61.4 Å². The lowest BCUT2D eigenvalue weighted by atomic mass is 9.85. The minimum atomic E-state index is -0.888. The van der Waals surface area contributed by atoms with Crippen molar-refractivity contribution in [3.05, 3.63) is 71.4 Å². The summed E-state index contributed by atoms with van der Waals surface area (Å²) in [5.41, 5.74) is 12.1. The number of amides is 4. The van der Waals surface area contributed by atoms with E-state index in [4.69, 9.17) is 10.8 Å². The average Bonchev–Trinajstić information content (AvgIpc) is 3.84. The smallest absolute Gasteiger partial charge is 0.246 e. The van der Waals surface area contributed by atoms with Crippen molar-refractivity contribution in [2.24, 2.45) is 5.41 Å².